The summed E-state index contributed by atoms with van der Waals surface area (Å²) < 4.78 is 62.8. The van der Waals surface area contributed by atoms with Gasteiger partial charge in [-0.05, 0) is 60.7 Å². The molecule has 202 valence electrons. The molecule has 7 nitrogen and oxygen atoms in total. The molecule has 0 aliphatic heterocycles. The summed E-state index contributed by atoms with van der Waals surface area (Å²) in [6.07, 6.45) is -5.88. The van der Waals surface area contributed by atoms with E-state index >= 15 is 0 Å². The second-order valence-corrected chi connectivity index (χ2v) is 8.40. The van der Waals surface area contributed by atoms with Gasteiger partial charge in [0.25, 0.3) is 5.76 Å². The molecule has 0 bridgehead atoms. The number of hydrogen-bond donors (Lipinski definition) is 0. The number of fused-ring (bicyclic) bond motifs is 1. The molecule has 5 rings (SSSR count). The van der Waals surface area contributed by atoms with Crippen LogP contribution in [0.4, 0.5) is 29.3 Å². The summed E-state index contributed by atoms with van der Waals surface area (Å²) in [5, 5.41) is -0.195. The van der Waals surface area contributed by atoms with Crippen molar-refractivity contribution in [1.82, 2.24) is 0 Å². The van der Waals surface area contributed by atoms with Crippen LogP contribution in [0.1, 0.15) is 5.76 Å². The molecule has 1 amide bonds. The van der Waals surface area contributed by atoms with Crippen LogP contribution in [0.3, 0.4) is 0 Å². The maximum absolute atomic E-state index is 13.9. The van der Waals surface area contributed by atoms with Gasteiger partial charge in [-0.2, -0.15) is 13.2 Å². The van der Waals surface area contributed by atoms with Crippen LogP contribution in [0.15, 0.2) is 112 Å². The highest BCUT2D eigenvalue weighted by atomic mass is 19.4. The number of hydrogen-bond acceptors (Lipinski definition) is 6. The van der Waals surface area contributed by atoms with Gasteiger partial charge < -0.3 is 18.6 Å². The van der Waals surface area contributed by atoms with Gasteiger partial charge in [-0.3, -0.25) is 4.79 Å². The van der Waals surface area contributed by atoms with Crippen molar-refractivity contribution in [2.45, 2.75) is 6.18 Å². The summed E-state index contributed by atoms with van der Waals surface area (Å²) in [5.41, 5.74) is -0.468. The fourth-order valence-corrected chi connectivity index (χ4v) is 3.92. The zero-order valence-electron chi connectivity index (χ0n) is 20.8. The number of methoxy groups -OCH3 is 1. The van der Waals surface area contributed by atoms with E-state index in [2.05, 4.69) is 0 Å². The molecule has 40 heavy (non-hydrogen) atoms. The number of carbonyl (C=O) groups is 1. The van der Waals surface area contributed by atoms with Crippen molar-refractivity contribution in [3.63, 3.8) is 0 Å². The van der Waals surface area contributed by atoms with E-state index in [0.717, 1.165) is 6.07 Å². The number of rotatable bonds is 6. The first-order chi connectivity index (χ1) is 19.2. The first kappa shape index (κ1) is 26.4. The van der Waals surface area contributed by atoms with Crippen molar-refractivity contribution in [3.05, 3.63) is 119 Å². The number of benzene rings is 4. The topological polar surface area (TPSA) is 78.2 Å². The lowest BCUT2D eigenvalue weighted by Crippen LogP contribution is -2.29. The van der Waals surface area contributed by atoms with Crippen molar-refractivity contribution in [1.29, 1.82) is 0 Å². The highest BCUT2D eigenvalue weighted by molar-refractivity contribution is 5.97. The third-order valence-corrected chi connectivity index (χ3v) is 5.78. The van der Waals surface area contributed by atoms with Crippen molar-refractivity contribution in [2.75, 3.05) is 12.0 Å². The molecule has 0 fully saturated rings. The first-order valence-corrected chi connectivity index (χ1v) is 11.9. The molecule has 0 atom stereocenters. The molecule has 4 aromatic carbocycles. The van der Waals surface area contributed by atoms with Crippen molar-refractivity contribution < 1.29 is 36.6 Å². The maximum atomic E-state index is 13.9. The van der Waals surface area contributed by atoms with Crippen LogP contribution in [0.25, 0.3) is 11.0 Å². The summed E-state index contributed by atoms with van der Waals surface area (Å²) in [4.78, 5) is 27.7. The summed E-state index contributed by atoms with van der Waals surface area (Å²) in [6, 6.07) is 26.6. The number of amides is 1. The van der Waals surface area contributed by atoms with Gasteiger partial charge in [-0.1, -0.05) is 36.4 Å². The smallest absolute Gasteiger partial charge is 0.453 e. The Morgan fingerprint density at radius 3 is 1.88 bits per heavy atom. The van der Waals surface area contributed by atoms with Gasteiger partial charge in [0.15, 0.2) is 0 Å². The Kier molecular flexibility index (Phi) is 7.15. The first-order valence-electron chi connectivity index (χ1n) is 11.9. The van der Waals surface area contributed by atoms with Crippen molar-refractivity contribution in [2.24, 2.45) is 0 Å². The van der Waals surface area contributed by atoms with Gasteiger partial charge in [0.1, 0.15) is 22.8 Å². The second kappa shape index (κ2) is 10.9. The number of carbonyl (C=O) groups excluding carboxylic acids is 1. The maximum Gasteiger partial charge on any atom is 0.453 e. The quantitative estimate of drug-likeness (QED) is 0.215. The number of nitrogens with zero attached hydrogens (tertiary/aromatic N) is 1. The van der Waals surface area contributed by atoms with Crippen LogP contribution in [0.5, 0.6) is 23.0 Å². The molecule has 0 N–H and O–H groups in total. The van der Waals surface area contributed by atoms with Gasteiger partial charge in [0.05, 0.1) is 23.9 Å². The van der Waals surface area contributed by atoms with Gasteiger partial charge >= 0.3 is 12.3 Å². The largest absolute Gasteiger partial charge is 0.497 e. The highest BCUT2D eigenvalue weighted by Gasteiger charge is 2.40. The predicted molar refractivity (Wildman–Crippen MR) is 142 cm³/mol. The fourth-order valence-electron chi connectivity index (χ4n) is 3.92. The van der Waals surface area contributed by atoms with E-state index in [9.17, 15) is 22.8 Å². The van der Waals surface area contributed by atoms with E-state index in [1.807, 2.05) is 0 Å². The average molecular weight is 547 g/mol. The lowest BCUT2D eigenvalue weighted by atomic mass is 10.2. The van der Waals surface area contributed by atoms with Crippen molar-refractivity contribution >= 4 is 28.4 Å². The third-order valence-electron chi connectivity index (χ3n) is 5.78. The molecule has 5 aromatic rings. The zero-order chi connectivity index (χ0) is 28.3. The SMILES string of the molecule is COc1ccc(Oc2c(C(F)(F)F)oc3cc(OC(=O)N(c4ccccc4)c4ccccc4)ccc3c2=O)cc1. The minimum Gasteiger partial charge on any atom is -0.497 e. The fraction of sp³-hybridized carbons (Fsp3) is 0.0667. The Balaban J connectivity index is 1.52. The molecule has 0 saturated heterocycles. The molecule has 1 aromatic heterocycles. The van der Waals surface area contributed by atoms with E-state index < -0.39 is 34.8 Å². The summed E-state index contributed by atoms with van der Waals surface area (Å²) in [7, 11) is 1.43. The normalized spacial score (nSPS) is 11.2. The summed E-state index contributed by atoms with van der Waals surface area (Å²) in [6.45, 7) is 0. The summed E-state index contributed by atoms with van der Waals surface area (Å²) in [5.74, 6) is -2.34. The Labute approximate surface area is 225 Å². The number of alkyl halides is 3. The van der Waals surface area contributed by atoms with E-state index in [4.69, 9.17) is 18.6 Å². The van der Waals surface area contributed by atoms with Crippen LogP contribution in [0, 0.1) is 0 Å². The molecule has 1 heterocycles. The Morgan fingerprint density at radius 1 is 0.775 bits per heavy atom. The molecule has 0 spiro atoms. The van der Waals surface area contributed by atoms with Crippen LogP contribution < -0.4 is 24.5 Å². The van der Waals surface area contributed by atoms with E-state index in [1.54, 1.807) is 60.7 Å². The van der Waals surface area contributed by atoms with Gasteiger partial charge in [0.2, 0.25) is 11.2 Å². The molecule has 0 aliphatic rings. The lowest BCUT2D eigenvalue weighted by molar-refractivity contribution is -0.154. The lowest BCUT2D eigenvalue weighted by Gasteiger charge is -2.22. The Hall–Kier alpha value is -5.25. The zero-order valence-corrected chi connectivity index (χ0v) is 20.8. The standard InChI is InChI=1S/C30H20F3NO6/c1-37-21-12-14-22(15-13-21)38-27-26(35)24-17-16-23(18-25(24)40-28(27)30(31,32)33)39-29(36)34(19-8-4-2-5-9-19)20-10-6-3-7-11-20/h2-18H,1H3. The molecule has 10 heteroatoms. The Morgan fingerprint density at radius 2 is 1.32 bits per heavy atom. The Bertz CT molecular complexity index is 1660. The number of anilines is 2. The molecular weight excluding hydrogens is 527 g/mol. The number of halogens is 3. The molecule has 0 unspecified atom stereocenters. The number of ether oxygens (including phenoxy) is 3. The van der Waals surface area contributed by atoms with E-state index in [1.165, 1.54) is 48.4 Å². The van der Waals surface area contributed by atoms with Gasteiger partial charge in [0, 0.05) is 6.07 Å². The second-order valence-electron chi connectivity index (χ2n) is 8.40. The van der Waals surface area contributed by atoms with Crippen molar-refractivity contribution in [3.8, 4) is 23.0 Å². The van der Waals surface area contributed by atoms with Gasteiger partial charge in [-0.15, -0.1) is 0 Å². The van der Waals surface area contributed by atoms with E-state index in [0.29, 0.717) is 17.1 Å². The van der Waals surface area contributed by atoms with Crippen LogP contribution in [-0.2, 0) is 6.18 Å². The molecular formula is C30H20F3NO6. The van der Waals surface area contributed by atoms with E-state index in [-0.39, 0.29) is 16.9 Å². The monoisotopic (exact) mass is 547 g/mol. The predicted octanol–water partition coefficient (Wildman–Crippen LogP) is 7.95. The molecule has 0 aliphatic carbocycles. The molecule has 0 saturated carbocycles. The molecule has 0 radical (unpaired) electrons. The van der Waals surface area contributed by atoms with Gasteiger partial charge in [-0.25, -0.2) is 9.69 Å². The minimum absolute atomic E-state index is 0.0228. The van der Waals surface area contributed by atoms with Crippen LogP contribution >= 0.6 is 0 Å². The third kappa shape index (κ3) is 5.46. The average Bonchev–Trinajstić information content (AvgIpc) is 2.95. The van der Waals surface area contributed by atoms with Crippen LogP contribution in [-0.4, -0.2) is 13.2 Å². The number of para-hydroxylation sites is 2. The highest BCUT2D eigenvalue weighted by Crippen LogP contribution is 2.39. The van der Waals surface area contributed by atoms with Crippen LogP contribution in [0.2, 0.25) is 0 Å². The minimum atomic E-state index is -5.06. The summed E-state index contributed by atoms with van der Waals surface area (Å²) >= 11 is 0.